The third-order valence-corrected chi connectivity index (χ3v) is 10.2. The largest absolute Gasteiger partial charge is 0.459 e. The van der Waals surface area contributed by atoms with Crippen molar-refractivity contribution in [2.24, 2.45) is 0 Å². The van der Waals surface area contributed by atoms with E-state index in [1.165, 1.54) is 0 Å². The summed E-state index contributed by atoms with van der Waals surface area (Å²) < 4.78 is 400. The molecule has 320 valence electrons. The van der Waals surface area contributed by atoms with Crippen molar-refractivity contribution in [3.63, 3.8) is 0 Å². The van der Waals surface area contributed by atoms with Crippen LogP contribution < -0.4 is 0 Å². The van der Waals surface area contributed by atoms with Gasteiger partial charge in [0.05, 0.1) is 0 Å². The van der Waals surface area contributed by atoms with Gasteiger partial charge in [0.25, 0.3) is 0 Å². The summed E-state index contributed by atoms with van der Waals surface area (Å²) >= 11 is 0. The van der Waals surface area contributed by atoms with Crippen LogP contribution in [0.25, 0.3) is 0 Å². The van der Waals surface area contributed by atoms with Gasteiger partial charge in [-0.25, -0.2) is 0 Å². The fourth-order valence-electron chi connectivity index (χ4n) is 2.36. The van der Waals surface area contributed by atoms with E-state index in [9.17, 15) is 132 Å². The van der Waals surface area contributed by atoms with Crippen LogP contribution in [0, 0.1) is 0 Å². The molecule has 0 aromatic heterocycles. The molecule has 0 saturated carbocycles. The lowest BCUT2D eigenvalue weighted by Crippen LogP contribution is -2.55. The number of alkyl halides is 28. The SMILES string of the molecule is O=P(CP(=O)(OCC(F)(F)C(F)(F)C(F)(F)F)OCC(F)(F)C(F)(F)C(F)(F)F)(OCC(F)(F)C(F)(F)C(F)(F)F)OCC(F)(F)C(F)(F)C(F)(F)F. The van der Waals surface area contributed by atoms with Crippen molar-refractivity contribution in [1.29, 1.82) is 0 Å². The van der Waals surface area contributed by atoms with E-state index >= 15 is 0 Å². The van der Waals surface area contributed by atoms with Crippen LogP contribution in [-0.4, -0.2) is 104 Å². The second-order valence-corrected chi connectivity index (χ2v) is 14.2. The van der Waals surface area contributed by atoms with Gasteiger partial charge in [-0.05, 0) is 0 Å². The Bertz CT molecular complexity index is 1150. The third-order valence-electron chi connectivity index (χ3n) is 5.38. The molecule has 0 aliphatic carbocycles. The Kier molecular flexibility index (Phi) is 14.2. The van der Waals surface area contributed by atoms with E-state index < -0.39 is 120 Å². The molecular weight excluding hydrogens is 894 g/mol. The van der Waals surface area contributed by atoms with Gasteiger partial charge in [0.1, 0.15) is 26.4 Å². The molecule has 0 atom stereocenters. The predicted molar refractivity (Wildman–Crippen MR) is 108 cm³/mol. The second-order valence-electron chi connectivity index (χ2n) is 9.56. The predicted octanol–water partition coefficient (Wildman–Crippen LogP) is 10.7. The van der Waals surface area contributed by atoms with Crippen LogP contribution in [0.5, 0.6) is 0 Å². The zero-order valence-electron chi connectivity index (χ0n) is 23.5. The van der Waals surface area contributed by atoms with Crippen LogP contribution in [0.15, 0.2) is 0 Å². The van der Waals surface area contributed by atoms with Gasteiger partial charge >= 0.3 is 87.3 Å². The van der Waals surface area contributed by atoms with E-state index in [2.05, 4.69) is 18.1 Å². The molecule has 0 heterocycles. The number of hydrogen-bond acceptors (Lipinski definition) is 6. The summed E-state index contributed by atoms with van der Waals surface area (Å²) in [5, 5.41) is 0. The first-order chi connectivity index (χ1) is 22.5. The molecule has 0 fully saturated rings. The second kappa shape index (κ2) is 14.7. The van der Waals surface area contributed by atoms with Gasteiger partial charge in [0.15, 0.2) is 5.90 Å². The maximum atomic E-state index is 13.7. The van der Waals surface area contributed by atoms with Crippen molar-refractivity contribution < 1.29 is 150 Å². The molecule has 53 heavy (non-hydrogen) atoms. The highest BCUT2D eigenvalue weighted by Gasteiger charge is 2.77. The molecule has 0 aromatic carbocycles. The maximum absolute atomic E-state index is 13.7. The lowest BCUT2D eigenvalue weighted by atomic mass is 10.2. The van der Waals surface area contributed by atoms with Gasteiger partial charge in [-0.3, -0.25) is 9.13 Å². The van der Waals surface area contributed by atoms with Crippen LogP contribution in [0.1, 0.15) is 0 Å². The molecule has 0 aliphatic rings. The fraction of sp³-hybridized carbons (Fsp3) is 1.00. The topological polar surface area (TPSA) is 71.1 Å². The Balaban J connectivity index is 7.40. The van der Waals surface area contributed by atoms with Gasteiger partial charge in [-0.15, -0.1) is 0 Å². The van der Waals surface area contributed by atoms with Crippen molar-refractivity contribution in [2.75, 3.05) is 32.3 Å². The molecule has 0 spiro atoms. The molecule has 0 radical (unpaired) electrons. The Hall–Kier alpha value is -1.66. The van der Waals surface area contributed by atoms with Crippen molar-refractivity contribution in [3.8, 4) is 0 Å². The molecule has 36 heteroatoms. The fourth-order valence-corrected chi connectivity index (χ4v) is 6.95. The zero-order chi connectivity index (χ0) is 43.4. The molecule has 0 aliphatic heterocycles. The lowest BCUT2D eigenvalue weighted by molar-refractivity contribution is -0.360. The quantitative estimate of drug-likeness (QED) is 0.101. The highest BCUT2D eigenvalue weighted by atomic mass is 31.2. The molecular formula is C17H10F28O6P2. The van der Waals surface area contributed by atoms with Crippen molar-refractivity contribution in [1.82, 2.24) is 0 Å². The van der Waals surface area contributed by atoms with Crippen molar-refractivity contribution >= 4 is 15.2 Å². The average Bonchev–Trinajstić information content (AvgIpc) is 2.90. The lowest BCUT2D eigenvalue weighted by Gasteiger charge is -2.33. The summed E-state index contributed by atoms with van der Waals surface area (Å²) in [5.74, 6) is -62.3. The molecule has 0 N–H and O–H groups in total. The molecule has 0 saturated heterocycles. The van der Waals surface area contributed by atoms with E-state index in [4.69, 9.17) is 0 Å². The van der Waals surface area contributed by atoms with Gasteiger partial charge in [-0.2, -0.15) is 123 Å². The minimum absolute atomic E-state index is 2.95. The molecule has 0 aromatic rings. The summed E-state index contributed by atoms with van der Waals surface area (Å²) in [7, 11) is -15.5. The summed E-state index contributed by atoms with van der Waals surface area (Å²) in [6.45, 7) is -16.5. The zero-order valence-corrected chi connectivity index (χ0v) is 25.3. The van der Waals surface area contributed by atoms with Gasteiger partial charge in [0.2, 0.25) is 0 Å². The van der Waals surface area contributed by atoms with E-state index in [1.54, 1.807) is 0 Å². The molecule has 0 bridgehead atoms. The Morgan fingerprint density at radius 3 is 0.528 bits per heavy atom. The molecule has 6 nitrogen and oxygen atoms in total. The normalized spacial score (nSPS) is 16.4. The Morgan fingerprint density at radius 2 is 0.415 bits per heavy atom. The van der Waals surface area contributed by atoms with Crippen LogP contribution in [0.2, 0.25) is 0 Å². The van der Waals surface area contributed by atoms with Gasteiger partial charge < -0.3 is 18.1 Å². The number of halogens is 28. The standard InChI is InChI=1S/C17H10F28O6P2/c18-6(19,10(26,27)14(34,35)36)1-48-52(46,49-2-7(20,21)11(28,29)15(37,38)39)5-53(47,50-3-8(22,23)12(30,31)16(40,41)42)51-4-9(24,25)13(32,33)17(43,44)45/h1-5H2. The highest BCUT2D eigenvalue weighted by Crippen LogP contribution is 2.67. The minimum atomic E-state index is -7.77. The van der Waals surface area contributed by atoms with E-state index in [1.807, 2.05) is 0 Å². The van der Waals surface area contributed by atoms with E-state index in [0.717, 1.165) is 0 Å². The first-order valence-electron chi connectivity index (χ1n) is 11.6. The van der Waals surface area contributed by atoms with Crippen LogP contribution in [0.3, 0.4) is 0 Å². The number of hydrogen-bond donors (Lipinski definition) is 0. The summed E-state index contributed by atoms with van der Waals surface area (Å²) in [6, 6.07) is 0. The maximum Gasteiger partial charge on any atom is 0.459 e. The van der Waals surface area contributed by atoms with Gasteiger partial charge in [0, 0.05) is 0 Å². The summed E-state index contributed by atoms with van der Waals surface area (Å²) in [6.07, 6.45) is -29.9. The molecule has 0 rings (SSSR count). The highest BCUT2D eigenvalue weighted by molar-refractivity contribution is 7.71. The van der Waals surface area contributed by atoms with Crippen LogP contribution >= 0.6 is 15.2 Å². The Morgan fingerprint density at radius 1 is 0.283 bits per heavy atom. The molecule has 0 amide bonds. The van der Waals surface area contributed by atoms with Crippen LogP contribution in [0.4, 0.5) is 123 Å². The molecule has 0 unspecified atom stereocenters. The van der Waals surface area contributed by atoms with Crippen molar-refractivity contribution in [2.45, 2.75) is 72.1 Å². The third kappa shape index (κ3) is 10.8. The monoisotopic (exact) mass is 904 g/mol. The Labute approximate surface area is 271 Å². The minimum Gasteiger partial charge on any atom is -0.302 e. The number of rotatable bonds is 18. The van der Waals surface area contributed by atoms with E-state index in [0.29, 0.717) is 0 Å². The van der Waals surface area contributed by atoms with Crippen LogP contribution in [-0.2, 0) is 27.2 Å². The first-order valence-corrected chi connectivity index (χ1v) is 15.0. The van der Waals surface area contributed by atoms with Crippen molar-refractivity contribution in [3.05, 3.63) is 0 Å². The van der Waals surface area contributed by atoms with Gasteiger partial charge in [-0.1, -0.05) is 0 Å². The van der Waals surface area contributed by atoms with E-state index in [-0.39, 0.29) is 0 Å². The average molecular weight is 904 g/mol. The summed E-state index contributed by atoms with van der Waals surface area (Å²) in [4.78, 5) is 0. The summed E-state index contributed by atoms with van der Waals surface area (Å²) in [5.41, 5.74) is 0. The smallest absolute Gasteiger partial charge is 0.302 e. The first kappa shape index (κ1) is 51.3.